The number of thiazole rings is 1. The number of amides is 3. The van der Waals surface area contributed by atoms with E-state index in [2.05, 4.69) is 10.3 Å². The van der Waals surface area contributed by atoms with Crippen LogP contribution in [0, 0.1) is 13.8 Å². The third-order valence-electron chi connectivity index (χ3n) is 4.88. The van der Waals surface area contributed by atoms with E-state index >= 15 is 0 Å². The average Bonchev–Trinajstić information content (AvgIpc) is 2.93. The average molecular weight is 350 g/mol. The molecule has 2 heterocycles. The molecule has 0 unspecified atom stereocenters. The van der Waals surface area contributed by atoms with E-state index in [0.29, 0.717) is 32.2 Å². The van der Waals surface area contributed by atoms with Crippen LogP contribution < -0.4 is 5.32 Å². The molecule has 3 amide bonds. The number of carbonyl (C=O) groups excluding carboxylic acids is 2. The molecule has 24 heavy (non-hydrogen) atoms. The van der Waals surface area contributed by atoms with E-state index < -0.39 is 0 Å². The number of hydrogen-bond donors (Lipinski definition) is 1. The number of piperazine rings is 1. The first kappa shape index (κ1) is 17.2. The van der Waals surface area contributed by atoms with Crippen LogP contribution in [0.1, 0.15) is 52.5 Å². The highest BCUT2D eigenvalue weighted by Gasteiger charge is 2.28. The van der Waals surface area contributed by atoms with Gasteiger partial charge in [0.15, 0.2) is 0 Å². The molecule has 1 aliphatic carbocycles. The van der Waals surface area contributed by atoms with Gasteiger partial charge in [-0.2, -0.15) is 0 Å². The zero-order chi connectivity index (χ0) is 17.1. The largest absolute Gasteiger partial charge is 0.335 e. The zero-order valence-electron chi connectivity index (χ0n) is 14.5. The van der Waals surface area contributed by atoms with Gasteiger partial charge in [0.25, 0.3) is 5.91 Å². The summed E-state index contributed by atoms with van der Waals surface area (Å²) in [6.07, 6.45) is 5.88. The van der Waals surface area contributed by atoms with Crippen LogP contribution in [0.4, 0.5) is 4.79 Å². The van der Waals surface area contributed by atoms with Crippen molar-refractivity contribution in [1.29, 1.82) is 0 Å². The number of urea groups is 1. The van der Waals surface area contributed by atoms with Gasteiger partial charge < -0.3 is 15.1 Å². The van der Waals surface area contributed by atoms with Gasteiger partial charge in [0.2, 0.25) is 0 Å². The van der Waals surface area contributed by atoms with Crippen molar-refractivity contribution in [2.45, 2.75) is 52.0 Å². The molecule has 3 rings (SSSR count). The predicted molar refractivity (Wildman–Crippen MR) is 94.5 cm³/mol. The summed E-state index contributed by atoms with van der Waals surface area (Å²) in [5.41, 5.74) is 0.806. The first-order chi connectivity index (χ1) is 11.5. The van der Waals surface area contributed by atoms with Gasteiger partial charge in [0.05, 0.1) is 10.7 Å². The minimum atomic E-state index is 0.0267. The Morgan fingerprint density at radius 1 is 1.04 bits per heavy atom. The van der Waals surface area contributed by atoms with Crippen molar-refractivity contribution in [3.63, 3.8) is 0 Å². The summed E-state index contributed by atoms with van der Waals surface area (Å²) >= 11 is 1.45. The molecular weight excluding hydrogens is 324 g/mol. The lowest BCUT2D eigenvalue weighted by Crippen LogP contribution is -2.54. The number of aryl methyl sites for hydroxylation is 2. The van der Waals surface area contributed by atoms with E-state index in [1.165, 1.54) is 30.6 Å². The van der Waals surface area contributed by atoms with E-state index in [9.17, 15) is 9.59 Å². The molecule has 7 heteroatoms. The SMILES string of the molecule is Cc1nc(C)c(C(=O)N2CCN(C(=O)NC3CCCCC3)CC2)s1. The molecule has 6 nitrogen and oxygen atoms in total. The second kappa shape index (κ2) is 7.51. The smallest absolute Gasteiger partial charge is 0.317 e. The Hall–Kier alpha value is -1.63. The first-order valence-corrected chi connectivity index (χ1v) is 9.65. The molecule has 2 fully saturated rings. The fourth-order valence-corrected chi connectivity index (χ4v) is 4.39. The molecule has 0 spiro atoms. The third-order valence-corrected chi connectivity index (χ3v) is 5.95. The maximum atomic E-state index is 12.6. The Kier molecular flexibility index (Phi) is 5.38. The number of aromatic nitrogens is 1. The van der Waals surface area contributed by atoms with Crippen LogP contribution in [0.2, 0.25) is 0 Å². The Morgan fingerprint density at radius 3 is 2.25 bits per heavy atom. The standard InChI is InChI=1S/C17H26N4O2S/c1-12-15(24-13(2)18-12)16(22)20-8-10-21(11-9-20)17(23)19-14-6-4-3-5-7-14/h14H,3-11H2,1-2H3,(H,19,23). The number of nitrogens with one attached hydrogen (secondary N) is 1. The molecule has 0 aromatic carbocycles. The van der Waals surface area contributed by atoms with Gasteiger partial charge >= 0.3 is 6.03 Å². The summed E-state index contributed by atoms with van der Waals surface area (Å²) in [5.74, 6) is 0.0467. The summed E-state index contributed by atoms with van der Waals surface area (Å²) in [7, 11) is 0. The van der Waals surface area contributed by atoms with Crippen molar-refractivity contribution in [2.75, 3.05) is 26.2 Å². The summed E-state index contributed by atoms with van der Waals surface area (Å²) < 4.78 is 0. The molecular formula is C17H26N4O2S. The zero-order valence-corrected chi connectivity index (χ0v) is 15.3. The van der Waals surface area contributed by atoms with Crippen molar-refractivity contribution in [1.82, 2.24) is 20.1 Å². The Morgan fingerprint density at radius 2 is 1.67 bits per heavy atom. The van der Waals surface area contributed by atoms with Crippen molar-refractivity contribution in [3.05, 3.63) is 15.6 Å². The topological polar surface area (TPSA) is 65.5 Å². The maximum Gasteiger partial charge on any atom is 0.317 e. The minimum absolute atomic E-state index is 0.0267. The summed E-state index contributed by atoms with van der Waals surface area (Å²) in [4.78, 5) is 33.7. The van der Waals surface area contributed by atoms with Gasteiger partial charge in [-0.3, -0.25) is 4.79 Å². The quantitative estimate of drug-likeness (QED) is 0.891. The van der Waals surface area contributed by atoms with E-state index in [4.69, 9.17) is 0 Å². The summed E-state index contributed by atoms with van der Waals surface area (Å²) in [6, 6.07) is 0.354. The monoisotopic (exact) mass is 350 g/mol. The molecule has 1 saturated carbocycles. The normalized spacial score (nSPS) is 19.4. The second-order valence-electron chi connectivity index (χ2n) is 6.71. The van der Waals surface area contributed by atoms with Crippen LogP contribution in [-0.2, 0) is 0 Å². The fraction of sp³-hybridized carbons (Fsp3) is 0.706. The fourth-order valence-electron chi connectivity index (χ4n) is 3.50. The lowest BCUT2D eigenvalue weighted by molar-refractivity contribution is 0.0666. The van der Waals surface area contributed by atoms with Gasteiger partial charge in [-0.05, 0) is 26.7 Å². The highest BCUT2D eigenvalue weighted by Crippen LogP contribution is 2.21. The number of carbonyl (C=O) groups is 2. The van der Waals surface area contributed by atoms with Crippen LogP contribution in [-0.4, -0.2) is 58.9 Å². The van der Waals surface area contributed by atoms with Gasteiger partial charge in [-0.25, -0.2) is 9.78 Å². The molecule has 1 saturated heterocycles. The molecule has 2 aliphatic rings. The molecule has 1 aromatic heterocycles. The summed E-state index contributed by atoms with van der Waals surface area (Å²) in [6.45, 7) is 6.18. The minimum Gasteiger partial charge on any atom is -0.335 e. The van der Waals surface area contributed by atoms with E-state index in [0.717, 1.165) is 28.4 Å². The lowest BCUT2D eigenvalue weighted by Gasteiger charge is -2.35. The van der Waals surface area contributed by atoms with Gasteiger partial charge in [-0.1, -0.05) is 19.3 Å². The highest BCUT2D eigenvalue weighted by molar-refractivity contribution is 7.13. The highest BCUT2D eigenvalue weighted by atomic mass is 32.1. The Balaban J connectivity index is 1.50. The van der Waals surface area contributed by atoms with Crippen molar-refractivity contribution in [3.8, 4) is 0 Å². The maximum absolute atomic E-state index is 12.6. The second-order valence-corrected chi connectivity index (χ2v) is 7.91. The third kappa shape index (κ3) is 3.88. The van der Waals surface area contributed by atoms with Gasteiger partial charge in [-0.15, -0.1) is 11.3 Å². The van der Waals surface area contributed by atoms with Crippen molar-refractivity contribution in [2.24, 2.45) is 0 Å². The summed E-state index contributed by atoms with van der Waals surface area (Å²) in [5, 5.41) is 4.07. The van der Waals surface area contributed by atoms with Gasteiger partial charge in [0.1, 0.15) is 4.88 Å². The number of hydrogen-bond acceptors (Lipinski definition) is 4. The Labute approximate surface area is 147 Å². The van der Waals surface area contributed by atoms with Crippen LogP contribution in [0.3, 0.4) is 0 Å². The van der Waals surface area contributed by atoms with E-state index in [1.807, 2.05) is 23.6 Å². The van der Waals surface area contributed by atoms with Crippen LogP contribution >= 0.6 is 11.3 Å². The predicted octanol–water partition coefficient (Wildman–Crippen LogP) is 2.56. The molecule has 132 valence electrons. The molecule has 1 aliphatic heterocycles. The van der Waals surface area contributed by atoms with Crippen molar-refractivity contribution >= 4 is 23.3 Å². The Bertz CT molecular complexity index is 602. The van der Waals surface area contributed by atoms with Crippen LogP contribution in [0.5, 0.6) is 0 Å². The molecule has 0 bridgehead atoms. The first-order valence-electron chi connectivity index (χ1n) is 8.83. The number of nitrogens with zero attached hydrogens (tertiary/aromatic N) is 3. The molecule has 0 radical (unpaired) electrons. The van der Waals surface area contributed by atoms with Gasteiger partial charge in [0, 0.05) is 32.2 Å². The van der Waals surface area contributed by atoms with E-state index in [-0.39, 0.29) is 11.9 Å². The van der Waals surface area contributed by atoms with Crippen molar-refractivity contribution < 1.29 is 9.59 Å². The molecule has 1 aromatic rings. The van der Waals surface area contributed by atoms with Crippen LogP contribution in [0.25, 0.3) is 0 Å². The molecule has 0 atom stereocenters. The van der Waals surface area contributed by atoms with Crippen LogP contribution in [0.15, 0.2) is 0 Å². The molecule has 1 N–H and O–H groups in total. The lowest BCUT2D eigenvalue weighted by atomic mass is 9.96. The number of rotatable bonds is 2. The van der Waals surface area contributed by atoms with E-state index in [1.54, 1.807) is 0 Å².